The highest BCUT2D eigenvalue weighted by Gasteiger charge is 2.42. The molecule has 3 unspecified atom stereocenters. The van der Waals surface area contributed by atoms with Crippen molar-refractivity contribution in [2.24, 2.45) is 5.92 Å². The highest BCUT2D eigenvalue weighted by molar-refractivity contribution is 7.10. The molecule has 2 aliphatic rings. The number of anilines is 1. The maximum atomic E-state index is 13.1. The van der Waals surface area contributed by atoms with Crippen molar-refractivity contribution in [2.75, 3.05) is 18.0 Å². The highest BCUT2D eigenvalue weighted by atomic mass is 35.5. The van der Waals surface area contributed by atoms with Crippen LogP contribution in [0.1, 0.15) is 35.7 Å². The second-order valence-electron chi connectivity index (χ2n) is 7.40. The molecule has 3 heterocycles. The summed E-state index contributed by atoms with van der Waals surface area (Å²) in [5, 5.41) is 8.50. The Bertz CT molecular complexity index is 804. The summed E-state index contributed by atoms with van der Waals surface area (Å²) in [5.41, 5.74) is 2.02. The van der Waals surface area contributed by atoms with Crippen LogP contribution in [-0.4, -0.2) is 30.9 Å². The Labute approximate surface area is 175 Å². The summed E-state index contributed by atoms with van der Waals surface area (Å²) >= 11 is 1.61. The maximum absolute atomic E-state index is 13.1. The quantitative estimate of drug-likeness (QED) is 0.797. The van der Waals surface area contributed by atoms with E-state index in [4.69, 9.17) is 0 Å². The van der Waals surface area contributed by atoms with Gasteiger partial charge in [0, 0.05) is 29.6 Å². The average molecular weight is 420 g/mol. The topological polar surface area (TPSA) is 61.4 Å². The predicted octanol–water partition coefficient (Wildman–Crippen LogP) is 3.44. The second kappa shape index (κ2) is 9.07. The first-order chi connectivity index (χ1) is 13.1. The number of benzene rings is 1. The fourth-order valence-electron chi connectivity index (χ4n) is 4.05. The maximum Gasteiger partial charge on any atom is 0.227 e. The van der Waals surface area contributed by atoms with E-state index in [1.165, 1.54) is 0 Å². The Morgan fingerprint density at radius 2 is 2.00 bits per heavy atom. The molecule has 1 aromatic heterocycles. The number of nitrogens with one attached hydrogen (secondary N) is 2. The van der Waals surface area contributed by atoms with E-state index in [0.29, 0.717) is 12.8 Å². The van der Waals surface area contributed by atoms with Gasteiger partial charge >= 0.3 is 0 Å². The minimum atomic E-state index is -0.247. The molecular weight excluding hydrogens is 394 g/mol. The number of piperidine rings is 1. The molecule has 2 aliphatic heterocycles. The summed E-state index contributed by atoms with van der Waals surface area (Å²) in [6, 6.07) is 12.0. The number of hydrogen-bond donors (Lipinski definition) is 2. The molecule has 28 heavy (non-hydrogen) atoms. The molecular formula is C21H26ClN3O2S. The minimum Gasteiger partial charge on any atom is -0.352 e. The molecule has 2 amide bonds. The first-order valence-electron chi connectivity index (χ1n) is 9.56. The van der Waals surface area contributed by atoms with Gasteiger partial charge in [-0.05, 0) is 49.9 Å². The van der Waals surface area contributed by atoms with Crippen LogP contribution in [0.5, 0.6) is 0 Å². The lowest BCUT2D eigenvalue weighted by Crippen LogP contribution is -2.50. The van der Waals surface area contributed by atoms with E-state index < -0.39 is 0 Å². The van der Waals surface area contributed by atoms with Crippen molar-refractivity contribution in [3.63, 3.8) is 0 Å². The van der Waals surface area contributed by atoms with Gasteiger partial charge in [-0.25, -0.2) is 0 Å². The van der Waals surface area contributed by atoms with Gasteiger partial charge in [0.1, 0.15) is 0 Å². The number of nitrogens with zero attached hydrogens (tertiary/aromatic N) is 1. The van der Waals surface area contributed by atoms with Crippen molar-refractivity contribution in [1.82, 2.24) is 10.6 Å². The van der Waals surface area contributed by atoms with E-state index >= 15 is 0 Å². The van der Waals surface area contributed by atoms with Crippen LogP contribution < -0.4 is 15.5 Å². The van der Waals surface area contributed by atoms with Crippen molar-refractivity contribution >= 4 is 41.2 Å². The lowest BCUT2D eigenvalue weighted by Gasteiger charge is -2.40. The Morgan fingerprint density at radius 1 is 1.21 bits per heavy atom. The Morgan fingerprint density at radius 3 is 2.64 bits per heavy atom. The second-order valence-corrected chi connectivity index (χ2v) is 8.38. The van der Waals surface area contributed by atoms with Crippen LogP contribution in [0.2, 0.25) is 0 Å². The summed E-state index contributed by atoms with van der Waals surface area (Å²) in [6.45, 7) is 3.80. The Hall–Kier alpha value is -1.89. The van der Waals surface area contributed by atoms with E-state index in [1.54, 1.807) is 11.3 Å². The minimum absolute atomic E-state index is 0. The van der Waals surface area contributed by atoms with Gasteiger partial charge in [-0.2, -0.15) is 0 Å². The van der Waals surface area contributed by atoms with Gasteiger partial charge in [-0.3, -0.25) is 9.59 Å². The SMILES string of the molecule is Cc1ccc(N2C(=O)CCC(C(=O)NC3CCNC3)C2c2cccs2)cc1.Cl. The molecule has 2 fully saturated rings. The van der Waals surface area contributed by atoms with Crippen molar-refractivity contribution in [1.29, 1.82) is 0 Å². The molecule has 3 atom stereocenters. The first kappa shape index (κ1) is 20.8. The number of carbonyl (C=O) groups excluding carboxylic acids is 2. The zero-order valence-corrected chi connectivity index (χ0v) is 17.5. The molecule has 2 saturated heterocycles. The van der Waals surface area contributed by atoms with Crippen molar-refractivity contribution in [3.05, 3.63) is 52.2 Å². The predicted molar refractivity (Wildman–Crippen MR) is 115 cm³/mol. The third-order valence-electron chi connectivity index (χ3n) is 5.49. The molecule has 2 N–H and O–H groups in total. The molecule has 0 aliphatic carbocycles. The number of carbonyl (C=O) groups is 2. The number of amides is 2. The lowest BCUT2D eigenvalue weighted by atomic mass is 9.86. The lowest BCUT2D eigenvalue weighted by molar-refractivity contribution is -0.129. The summed E-state index contributed by atoms with van der Waals surface area (Å²) < 4.78 is 0. The molecule has 7 heteroatoms. The van der Waals surface area contributed by atoms with Crippen molar-refractivity contribution < 1.29 is 9.59 Å². The molecule has 150 valence electrons. The van der Waals surface area contributed by atoms with Crippen LogP contribution in [0.4, 0.5) is 5.69 Å². The molecule has 0 spiro atoms. The summed E-state index contributed by atoms with van der Waals surface area (Å²) in [7, 11) is 0. The third-order valence-corrected chi connectivity index (χ3v) is 6.43. The van der Waals surface area contributed by atoms with Crippen LogP contribution in [0.15, 0.2) is 41.8 Å². The molecule has 0 radical (unpaired) electrons. The third kappa shape index (κ3) is 4.24. The molecule has 2 aromatic rings. The molecule has 0 bridgehead atoms. The van der Waals surface area contributed by atoms with E-state index in [-0.39, 0.29) is 42.2 Å². The summed E-state index contributed by atoms with van der Waals surface area (Å²) in [6.07, 6.45) is 1.95. The van der Waals surface area contributed by atoms with E-state index in [2.05, 4.69) is 10.6 Å². The average Bonchev–Trinajstić information content (AvgIpc) is 3.36. The van der Waals surface area contributed by atoms with Gasteiger partial charge < -0.3 is 15.5 Å². The van der Waals surface area contributed by atoms with Crippen molar-refractivity contribution in [3.8, 4) is 0 Å². The Kier molecular flexibility index (Phi) is 6.75. The zero-order chi connectivity index (χ0) is 18.8. The molecule has 0 saturated carbocycles. The van der Waals surface area contributed by atoms with Crippen LogP contribution in [-0.2, 0) is 9.59 Å². The number of thiophene rings is 1. The smallest absolute Gasteiger partial charge is 0.227 e. The molecule has 1 aromatic carbocycles. The van der Waals surface area contributed by atoms with Gasteiger partial charge in [-0.15, -0.1) is 23.7 Å². The number of halogens is 1. The normalized spacial score (nSPS) is 24.7. The summed E-state index contributed by atoms with van der Waals surface area (Å²) in [5.74, 6) is -0.0844. The number of hydrogen-bond acceptors (Lipinski definition) is 4. The van der Waals surface area contributed by atoms with Crippen LogP contribution in [0.25, 0.3) is 0 Å². The van der Waals surface area contributed by atoms with Gasteiger partial charge in [0.05, 0.1) is 12.0 Å². The van der Waals surface area contributed by atoms with Crippen LogP contribution >= 0.6 is 23.7 Å². The van der Waals surface area contributed by atoms with E-state index in [9.17, 15) is 9.59 Å². The number of rotatable bonds is 4. The fourth-order valence-corrected chi connectivity index (χ4v) is 4.93. The first-order valence-corrected chi connectivity index (χ1v) is 10.4. The molecule has 4 rings (SSSR count). The number of aryl methyl sites for hydroxylation is 1. The van der Waals surface area contributed by atoms with E-state index in [1.807, 2.05) is 53.6 Å². The largest absolute Gasteiger partial charge is 0.352 e. The van der Waals surface area contributed by atoms with Gasteiger partial charge in [0.15, 0.2) is 0 Å². The summed E-state index contributed by atoms with van der Waals surface area (Å²) in [4.78, 5) is 28.9. The highest BCUT2D eigenvalue weighted by Crippen LogP contribution is 2.41. The fraction of sp³-hybridized carbons (Fsp3) is 0.429. The van der Waals surface area contributed by atoms with Gasteiger partial charge in [-0.1, -0.05) is 23.8 Å². The van der Waals surface area contributed by atoms with Crippen LogP contribution in [0, 0.1) is 12.8 Å². The molecule has 5 nitrogen and oxygen atoms in total. The Balaban J connectivity index is 0.00000225. The zero-order valence-electron chi connectivity index (χ0n) is 15.9. The van der Waals surface area contributed by atoms with Crippen molar-refractivity contribution in [2.45, 2.75) is 38.3 Å². The standard InChI is InChI=1S/C21H25N3O2S.ClH/c1-14-4-6-16(7-5-14)24-19(25)9-8-17(20(24)18-3-2-12-27-18)21(26)23-15-10-11-22-13-15;/h2-7,12,15,17,20,22H,8-11,13H2,1H3,(H,23,26);1H. The van der Waals surface area contributed by atoms with E-state index in [0.717, 1.165) is 35.6 Å². The monoisotopic (exact) mass is 419 g/mol. The van der Waals surface area contributed by atoms with Gasteiger partial charge in [0.2, 0.25) is 11.8 Å². The van der Waals surface area contributed by atoms with Crippen LogP contribution in [0.3, 0.4) is 0 Å². The van der Waals surface area contributed by atoms with Gasteiger partial charge in [0.25, 0.3) is 0 Å².